The summed E-state index contributed by atoms with van der Waals surface area (Å²) in [4.78, 5) is 54.0. The maximum atomic E-state index is 14.0. The predicted molar refractivity (Wildman–Crippen MR) is 224 cm³/mol. The van der Waals surface area contributed by atoms with Gasteiger partial charge in [-0.05, 0) is 80.8 Å². The number of amides is 3. The number of carbonyl (C=O) groups is 4. The summed E-state index contributed by atoms with van der Waals surface area (Å²) in [6.45, 7) is 7.59. The number of Topliss-reactive ketones (excluding diaryl/α,β-unsaturated/α-hetero) is 1. The number of likely N-dealkylation sites (N-methyl/N-ethyl adjacent to an activating group) is 2. The van der Waals surface area contributed by atoms with Crippen LogP contribution in [0, 0.1) is 5.82 Å². The van der Waals surface area contributed by atoms with Crippen molar-refractivity contribution in [2.45, 2.75) is 58.3 Å². The number of aromatic nitrogens is 3. The molecule has 4 rings (SSSR count). The summed E-state index contributed by atoms with van der Waals surface area (Å²) in [7, 11) is 3.50. The second-order valence-corrected chi connectivity index (χ2v) is 15.0. The predicted octanol–water partition coefficient (Wildman–Crippen LogP) is 2.52. The molecule has 19 heteroatoms. The molecule has 3 aromatic rings. The van der Waals surface area contributed by atoms with Gasteiger partial charge in [0.05, 0.1) is 64.0 Å². The largest absolute Gasteiger partial charge is 0.377 e. The third-order valence-corrected chi connectivity index (χ3v) is 10.0. The monoisotopic (exact) mass is 874 g/mol. The summed E-state index contributed by atoms with van der Waals surface area (Å²) in [6, 6.07) is 9.71. The summed E-state index contributed by atoms with van der Waals surface area (Å²) in [5.41, 5.74) is 3.44. The van der Waals surface area contributed by atoms with E-state index in [9.17, 15) is 23.6 Å². The van der Waals surface area contributed by atoms with Crippen LogP contribution in [0.4, 0.5) is 4.39 Å². The maximum absolute atomic E-state index is 14.0. The normalized spacial score (nSPS) is 13.1. The Labute approximate surface area is 361 Å². The van der Waals surface area contributed by atoms with Crippen LogP contribution in [0.25, 0.3) is 0 Å². The van der Waals surface area contributed by atoms with Crippen LogP contribution in [0.15, 0.2) is 42.6 Å². The molecule has 1 aromatic heterocycles. The number of hydrogen-bond donors (Lipinski definition) is 3. The van der Waals surface area contributed by atoms with Crippen LogP contribution in [0.5, 0.6) is 0 Å². The Morgan fingerprint density at radius 1 is 0.852 bits per heavy atom. The molecule has 0 atom stereocenters. The Balaban J connectivity index is 1.03. The van der Waals surface area contributed by atoms with Gasteiger partial charge in [0, 0.05) is 45.2 Å². The minimum atomic E-state index is -0.730. The number of hydrogen-bond acceptors (Lipinski definition) is 13. The molecule has 3 N–H and O–H groups in total. The molecule has 0 radical (unpaired) electrons. The van der Waals surface area contributed by atoms with E-state index in [2.05, 4.69) is 36.1 Å². The molecule has 0 spiro atoms. The first-order valence-electron chi connectivity index (χ1n) is 20.7. The molecular weight excluding hydrogens is 815 g/mol. The molecule has 3 amide bonds. The zero-order chi connectivity index (χ0) is 43.7. The van der Waals surface area contributed by atoms with Gasteiger partial charge in [-0.2, -0.15) is 0 Å². The maximum Gasteiger partial charge on any atom is 0.309 e. The van der Waals surface area contributed by atoms with Crippen molar-refractivity contribution in [3.05, 3.63) is 81.4 Å². The van der Waals surface area contributed by atoms with Crippen molar-refractivity contribution in [3.8, 4) is 0 Å². The average molecular weight is 875 g/mol. The Kier molecular flexibility index (Phi) is 22.8. The molecule has 0 saturated carbocycles. The van der Waals surface area contributed by atoms with Gasteiger partial charge >= 0.3 is 11.8 Å². The molecule has 0 unspecified atom stereocenters. The lowest BCUT2D eigenvalue weighted by Gasteiger charge is -2.27. The SMILES string of the molecule is CNC(=O)COCCOCCn1cc(COCCOCOCCN(C)CCCNC(=O)C(=O)NCc2ccc(C(=O)Cc3ccc(Cl)c(F)c3)cc2CN2CCCCC2)nn1. The smallest absolute Gasteiger partial charge is 0.309 e. The minimum absolute atomic E-state index is 0.00522. The lowest BCUT2D eigenvalue weighted by molar-refractivity contribution is -0.139. The number of piperidine rings is 1. The molecule has 2 heterocycles. The number of halogens is 2. The number of carbonyl (C=O) groups excluding carboxylic acids is 4. The van der Waals surface area contributed by atoms with Crippen LogP contribution >= 0.6 is 11.6 Å². The second-order valence-electron chi connectivity index (χ2n) is 14.6. The number of rotatable bonds is 29. The number of likely N-dealkylation sites (tertiary alicyclic amines) is 1. The van der Waals surface area contributed by atoms with Gasteiger partial charge in [-0.15, -0.1) is 5.10 Å². The molecule has 0 aliphatic carbocycles. The van der Waals surface area contributed by atoms with Crippen molar-refractivity contribution in [1.29, 1.82) is 0 Å². The van der Waals surface area contributed by atoms with E-state index in [1.54, 1.807) is 30.1 Å². The van der Waals surface area contributed by atoms with Crippen LogP contribution in [-0.2, 0) is 70.7 Å². The molecular formula is C42H60ClFN8O9. The van der Waals surface area contributed by atoms with Crippen molar-refractivity contribution in [2.75, 3.05) is 99.9 Å². The molecule has 1 aliphatic heterocycles. The van der Waals surface area contributed by atoms with Crippen LogP contribution in [0.3, 0.4) is 0 Å². The molecule has 61 heavy (non-hydrogen) atoms. The van der Waals surface area contributed by atoms with Gasteiger partial charge in [0.2, 0.25) is 5.91 Å². The van der Waals surface area contributed by atoms with E-state index in [-0.39, 0.29) is 43.1 Å². The van der Waals surface area contributed by atoms with Gasteiger partial charge in [-0.3, -0.25) is 24.1 Å². The van der Waals surface area contributed by atoms with Gasteiger partial charge < -0.3 is 44.5 Å². The number of nitrogens with one attached hydrogen (secondary N) is 3. The molecule has 336 valence electrons. The van der Waals surface area contributed by atoms with Crippen molar-refractivity contribution in [3.63, 3.8) is 0 Å². The number of benzene rings is 2. The first-order valence-corrected chi connectivity index (χ1v) is 21.0. The van der Waals surface area contributed by atoms with Gasteiger partial charge in [-0.1, -0.05) is 41.4 Å². The molecule has 17 nitrogen and oxygen atoms in total. The van der Waals surface area contributed by atoms with E-state index in [0.717, 1.165) is 37.1 Å². The highest BCUT2D eigenvalue weighted by molar-refractivity contribution is 6.35. The summed E-state index contributed by atoms with van der Waals surface area (Å²) in [6.07, 6.45) is 5.83. The van der Waals surface area contributed by atoms with Crippen LogP contribution < -0.4 is 16.0 Å². The summed E-state index contributed by atoms with van der Waals surface area (Å²) >= 11 is 5.81. The third-order valence-electron chi connectivity index (χ3n) is 9.71. The topological polar surface area (TPSA) is 188 Å². The Bertz CT molecular complexity index is 1810. The van der Waals surface area contributed by atoms with Crippen LogP contribution in [0.1, 0.15) is 58.4 Å². The van der Waals surface area contributed by atoms with E-state index >= 15 is 0 Å². The highest BCUT2D eigenvalue weighted by atomic mass is 35.5. The van der Waals surface area contributed by atoms with Gasteiger partial charge in [0.15, 0.2) is 5.78 Å². The minimum Gasteiger partial charge on any atom is -0.377 e. The first-order chi connectivity index (χ1) is 29.6. The highest BCUT2D eigenvalue weighted by Crippen LogP contribution is 2.21. The van der Waals surface area contributed by atoms with E-state index in [0.29, 0.717) is 102 Å². The zero-order valence-electron chi connectivity index (χ0n) is 35.3. The first kappa shape index (κ1) is 49.3. The van der Waals surface area contributed by atoms with Crippen molar-refractivity contribution < 1.29 is 47.3 Å². The lowest BCUT2D eigenvalue weighted by Crippen LogP contribution is -2.40. The van der Waals surface area contributed by atoms with Gasteiger partial charge in [0.1, 0.15) is 24.9 Å². The molecule has 1 fully saturated rings. The summed E-state index contributed by atoms with van der Waals surface area (Å²) < 4.78 is 42.9. The third kappa shape index (κ3) is 19.5. The van der Waals surface area contributed by atoms with E-state index in [1.165, 1.54) is 18.6 Å². The lowest BCUT2D eigenvalue weighted by atomic mass is 9.97. The molecule has 0 bridgehead atoms. The molecule has 2 aromatic carbocycles. The Hall–Kier alpha value is -4.40. The van der Waals surface area contributed by atoms with E-state index in [1.807, 2.05) is 19.2 Å². The van der Waals surface area contributed by atoms with Crippen molar-refractivity contribution >= 4 is 35.1 Å². The highest BCUT2D eigenvalue weighted by Gasteiger charge is 2.18. The van der Waals surface area contributed by atoms with E-state index < -0.39 is 17.6 Å². The van der Waals surface area contributed by atoms with Gasteiger partial charge in [-0.25, -0.2) is 9.07 Å². The summed E-state index contributed by atoms with van der Waals surface area (Å²) in [5, 5.41) is 16.0. The fourth-order valence-electron chi connectivity index (χ4n) is 6.23. The Morgan fingerprint density at radius 2 is 1.61 bits per heavy atom. The van der Waals surface area contributed by atoms with Crippen LogP contribution in [-0.4, -0.2) is 148 Å². The standard InChI is InChI=1S/C42H60ClFN8O9/c1-45-40(54)30-59-20-19-57-18-16-52-28-36(48-49-52)29-58-21-22-61-31-60-17-15-50(2)12-6-11-46-41(55)42(56)47-26-34-9-8-33(25-35(34)27-51-13-4-3-5-14-51)39(53)24-32-7-10-37(43)38(44)23-32/h7-10,23,25,28H,3-6,11-22,24,26-27,29-31H2,1-2H3,(H,45,54)(H,46,55)(H,47,56). The fraction of sp³-hybridized carbons (Fsp3) is 0.571. The summed E-state index contributed by atoms with van der Waals surface area (Å²) in [5.74, 6) is -2.34. The fourth-order valence-corrected chi connectivity index (χ4v) is 6.35. The van der Waals surface area contributed by atoms with Gasteiger partial charge in [0.25, 0.3) is 0 Å². The average Bonchev–Trinajstić information content (AvgIpc) is 3.72. The zero-order valence-corrected chi connectivity index (χ0v) is 36.0. The van der Waals surface area contributed by atoms with Crippen molar-refractivity contribution in [2.24, 2.45) is 0 Å². The second kappa shape index (κ2) is 28.2. The number of ketones is 1. The Morgan fingerprint density at radius 3 is 2.41 bits per heavy atom. The van der Waals surface area contributed by atoms with Crippen LogP contribution in [0.2, 0.25) is 5.02 Å². The quantitative estimate of drug-likeness (QED) is 0.0400. The molecule has 1 saturated heterocycles. The molecule has 1 aliphatic rings. The van der Waals surface area contributed by atoms with Crippen molar-refractivity contribution in [1.82, 2.24) is 40.7 Å². The number of nitrogens with zero attached hydrogens (tertiary/aromatic N) is 5. The van der Waals surface area contributed by atoms with E-state index in [4.69, 9.17) is 35.3 Å². The number of ether oxygens (including phenoxy) is 5.